The molecule has 54 heavy (non-hydrogen) atoms. The topological polar surface area (TPSA) is 9.86 Å². The maximum Gasteiger partial charge on any atom is 0.0619 e. The van der Waals surface area contributed by atoms with Crippen LogP contribution < -0.4 is 10.6 Å². The SMILES string of the molecule is CC1=CC2=C(CC=C1)c1ccccc1-c1cc(-c3ccc(C4=Cc5c6c(n(C7=CC=C(c8ccccc8)C7)c5C4)C=CC6)cc3)cc3c4c(n2c13)=CCC=4. The summed E-state index contributed by atoms with van der Waals surface area (Å²) < 4.78 is 5.14. The first-order valence-corrected chi connectivity index (χ1v) is 19.4. The van der Waals surface area contributed by atoms with Crippen molar-refractivity contribution in [3.05, 3.63) is 183 Å². The first-order chi connectivity index (χ1) is 26.7. The van der Waals surface area contributed by atoms with Crippen LogP contribution in [0.5, 0.6) is 0 Å². The van der Waals surface area contributed by atoms with Gasteiger partial charge in [0.05, 0.1) is 16.6 Å². The molecule has 3 heterocycles. The van der Waals surface area contributed by atoms with E-state index in [4.69, 9.17) is 0 Å². The fourth-order valence-electron chi connectivity index (χ4n) is 10.1. The van der Waals surface area contributed by atoms with Crippen molar-refractivity contribution in [2.75, 3.05) is 0 Å². The quantitative estimate of drug-likeness (QED) is 0.174. The van der Waals surface area contributed by atoms with Crippen LogP contribution in [0.25, 0.3) is 85.6 Å². The summed E-state index contributed by atoms with van der Waals surface area (Å²) in [5.41, 5.74) is 24.4. The van der Waals surface area contributed by atoms with Gasteiger partial charge < -0.3 is 9.13 Å². The number of aromatic nitrogens is 2. The van der Waals surface area contributed by atoms with Gasteiger partial charge in [-0.25, -0.2) is 0 Å². The number of rotatable bonds is 4. The maximum absolute atomic E-state index is 2.57. The zero-order chi connectivity index (χ0) is 35.5. The molecule has 0 atom stereocenters. The van der Waals surface area contributed by atoms with Crippen molar-refractivity contribution in [3.63, 3.8) is 0 Å². The van der Waals surface area contributed by atoms with Gasteiger partial charge in [0.1, 0.15) is 0 Å². The molecule has 0 radical (unpaired) electrons. The lowest BCUT2D eigenvalue weighted by atomic mass is 9.90. The molecule has 0 spiro atoms. The predicted molar refractivity (Wildman–Crippen MR) is 228 cm³/mol. The van der Waals surface area contributed by atoms with Gasteiger partial charge in [0, 0.05) is 51.7 Å². The Morgan fingerprint density at radius 1 is 0.611 bits per heavy atom. The number of allylic oxidation sites excluding steroid dienone is 12. The third-order valence-corrected chi connectivity index (χ3v) is 12.5. The Morgan fingerprint density at radius 3 is 2.30 bits per heavy atom. The van der Waals surface area contributed by atoms with Crippen LogP contribution in [0.4, 0.5) is 0 Å². The molecule has 4 aromatic carbocycles. The highest BCUT2D eigenvalue weighted by Gasteiger charge is 2.30. The number of hydrogen-bond donors (Lipinski definition) is 0. The van der Waals surface area contributed by atoms with E-state index in [0.29, 0.717) is 0 Å². The summed E-state index contributed by atoms with van der Waals surface area (Å²) in [6.45, 7) is 2.22. The first kappa shape index (κ1) is 30.1. The molecule has 1 aliphatic heterocycles. The Morgan fingerprint density at radius 2 is 1.41 bits per heavy atom. The number of benzene rings is 4. The summed E-state index contributed by atoms with van der Waals surface area (Å²) in [6, 6.07) is 34.2. The fourth-order valence-corrected chi connectivity index (χ4v) is 10.1. The smallest absolute Gasteiger partial charge is 0.0619 e. The number of fused-ring (bicyclic) bond motifs is 10. The van der Waals surface area contributed by atoms with Gasteiger partial charge in [0.15, 0.2) is 0 Å². The average Bonchev–Trinajstić information content (AvgIpc) is 4.06. The van der Waals surface area contributed by atoms with Crippen molar-refractivity contribution >= 4 is 63.3 Å². The highest BCUT2D eigenvalue weighted by molar-refractivity contribution is 6.09. The van der Waals surface area contributed by atoms with Gasteiger partial charge in [-0.3, -0.25) is 0 Å². The second kappa shape index (κ2) is 11.3. The van der Waals surface area contributed by atoms with Gasteiger partial charge in [-0.1, -0.05) is 115 Å². The summed E-state index contributed by atoms with van der Waals surface area (Å²) in [5, 5.41) is 4.06. The van der Waals surface area contributed by atoms with E-state index < -0.39 is 0 Å². The molecule has 2 heteroatoms. The summed E-state index contributed by atoms with van der Waals surface area (Å²) >= 11 is 0. The normalized spacial score (nSPS) is 17.1. The molecule has 6 aliphatic rings. The van der Waals surface area contributed by atoms with Crippen molar-refractivity contribution in [1.82, 2.24) is 9.13 Å². The molecular weight excluding hydrogens is 653 g/mol. The van der Waals surface area contributed by atoms with E-state index in [0.717, 1.165) is 32.1 Å². The monoisotopic (exact) mass is 690 g/mol. The summed E-state index contributed by atoms with van der Waals surface area (Å²) in [5.74, 6) is 0. The Kier molecular flexibility index (Phi) is 6.31. The molecular formula is C52H38N2. The van der Waals surface area contributed by atoms with Crippen molar-refractivity contribution in [2.24, 2.45) is 0 Å². The van der Waals surface area contributed by atoms with Crippen molar-refractivity contribution in [2.45, 2.75) is 39.0 Å². The van der Waals surface area contributed by atoms with Crippen LogP contribution in [0, 0.1) is 0 Å². The van der Waals surface area contributed by atoms with E-state index in [9.17, 15) is 0 Å². The van der Waals surface area contributed by atoms with Crippen LogP contribution in [-0.4, -0.2) is 9.13 Å². The zero-order valence-corrected chi connectivity index (χ0v) is 30.4. The van der Waals surface area contributed by atoms with Crippen LogP contribution >= 0.6 is 0 Å². The van der Waals surface area contributed by atoms with Crippen molar-refractivity contribution in [3.8, 4) is 22.3 Å². The fraction of sp³-hybridized carbons (Fsp3) is 0.115. The largest absolute Gasteiger partial charge is 0.316 e. The molecule has 6 aromatic rings. The van der Waals surface area contributed by atoms with Gasteiger partial charge in [-0.05, 0) is 124 Å². The van der Waals surface area contributed by atoms with E-state index in [1.165, 1.54) is 117 Å². The van der Waals surface area contributed by atoms with Crippen LogP contribution in [-0.2, 0) is 12.8 Å². The molecule has 0 unspecified atom stereocenters. The van der Waals surface area contributed by atoms with Crippen LogP contribution in [0.15, 0.2) is 133 Å². The molecule has 12 rings (SSSR count). The second-order valence-electron chi connectivity index (χ2n) is 15.6. The molecule has 5 aliphatic carbocycles. The van der Waals surface area contributed by atoms with Crippen LogP contribution in [0.2, 0.25) is 0 Å². The third kappa shape index (κ3) is 4.28. The summed E-state index contributed by atoms with van der Waals surface area (Å²) in [7, 11) is 0. The average molecular weight is 691 g/mol. The predicted octanol–water partition coefficient (Wildman–Crippen LogP) is 11.3. The summed E-state index contributed by atoms with van der Waals surface area (Å²) in [6.07, 6.45) is 28.5. The third-order valence-electron chi connectivity index (χ3n) is 12.5. The van der Waals surface area contributed by atoms with E-state index in [-0.39, 0.29) is 0 Å². The van der Waals surface area contributed by atoms with Crippen molar-refractivity contribution in [1.29, 1.82) is 0 Å². The van der Waals surface area contributed by atoms with Gasteiger partial charge in [-0.2, -0.15) is 0 Å². The lowest BCUT2D eigenvalue weighted by molar-refractivity contribution is 0.975. The minimum absolute atomic E-state index is 0.922. The van der Waals surface area contributed by atoms with Gasteiger partial charge in [0.2, 0.25) is 0 Å². The lowest BCUT2D eigenvalue weighted by Gasteiger charge is -2.15. The maximum atomic E-state index is 2.57. The van der Waals surface area contributed by atoms with E-state index in [1.807, 2.05) is 0 Å². The molecule has 2 nitrogen and oxygen atoms in total. The van der Waals surface area contributed by atoms with E-state index in [2.05, 4.69) is 168 Å². The number of hydrogen-bond acceptors (Lipinski definition) is 0. The first-order valence-electron chi connectivity index (χ1n) is 19.4. The minimum atomic E-state index is 0.922. The number of nitrogens with zero attached hydrogens (tertiary/aromatic N) is 2. The van der Waals surface area contributed by atoms with Crippen molar-refractivity contribution < 1.29 is 0 Å². The molecule has 0 amide bonds. The van der Waals surface area contributed by atoms with E-state index in [1.54, 1.807) is 0 Å². The van der Waals surface area contributed by atoms with E-state index >= 15 is 0 Å². The summed E-state index contributed by atoms with van der Waals surface area (Å²) in [4.78, 5) is 0. The highest BCUT2D eigenvalue weighted by atomic mass is 15.0. The molecule has 2 aromatic heterocycles. The Bertz CT molecular complexity index is 3030. The molecule has 0 N–H and O–H groups in total. The second-order valence-corrected chi connectivity index (χ2v) is 15.6. The molecule has 0 bridgehead atoms. The van der Waals surface area contributed by atoms with Gasteiger partial charge in [-0.15, -0.1) is 0 Å². The lowest BCUT2D eigenvalue weighted by Crippen LogP contribution is -2.26. The standard InChI is InChI=1S/C52H38N2/c1-32-10-7-15-42-40-13-5-6-14-41(40)46-29-37(30-47-44-17-9-19-49(44)54(52(46)47)50(42)26-32)34-20-22-35(23-21-34)38-28-45-43-16-8-18-48(43)53(51(45)31-38)39-25-24-36(27-39)33-11-3-2-4-12-33/h2-8,10-14,17-26,28-30H,9,15-16,27,31H2,1H3. The minimum Gasteiger partial charge on any atom is -0.316 e. The molecule has 0 saturated heterocycles. The molecule has 0 fully saturated rings. The Hall–Kier alpha value is -6.38. The van der Waals surface area contributed by atoms with Gasteiger partial charge >= 0.3 is 0 Å². The van der Waals surface area contributed by atoms with Crippen LogP contribution in [0.1, 0.15) is 65.4 Å². The Labute approximate surface area is 315 Å². The van der Waals surface area contributed by atoms with Gasteiger partial charge in [0.25, 0.3) is 0 Å². The Balaban J connectivity index is 0.925. The van der Waals surface area contributed by atoms with Crippen LogP contribution in [0.3, 0.4) is 0 Å². The zero-order valence-electron chi connectivity index (χ0n) is 30.4. The highest BCUT2D eigenvalue weighted by Crippen LogP contribution is 2.46. The molecule has 256 valence electrons. The molecule has 0 saturated carbocycles.